The van der Waals surface area contributed by atoms with E-state index in [4.69, 9.17) is 11.6 Å². The van der Waals surface area contributed by atoms with Gasteiger partial charge in [0.1, 0.15) is 5.69 Å². The molecule has 2 N–H and O–H groups in total. The van der Waals surface area contributed by atoms with Crippen LogP contribution in [0.15, 0.2) is 24.4 Å². The van der Waals surface area contributed by atoms with E-state index in [1.165, 1.54) is 0 Å². The number of anilines is 2. The first-order valence-electron chi connectivity index (χ1n) is 8.02. The van der Waals surface area contributed by atoms with E-state index >= 15 is 0 Å². The number of hydrogen-bond acceptors (Lipinski definition) is 4. The van der Waals surface area contributed by atoms with Crippen LogP contribution in [0.1, 0.15) is 41.9 Å². The Hall–Kier alpha value is -2.14. The van der Waals surface area contributed by atoms with Gasteiger partial charge >= 0.3 is 0 Å². The van der Waals surface area contributed by atoms with Crippen LogP contribution >= 0.6 is 11.6 Å². The second kappa shape index (κ2) is 8.11. The van der Waals surface area contributed by atoms with Gasteiger partial charge in [-0.3, -0.25) is 4.79 Å². The first-order chi connectivity index (χ1) is 11.4. The molecule has 1 heterocycles. The van der Waals surface area contributed by atoms with Gasteiger partial charge in [-0.15, -0.1) is 0 Å². The van der Waals surface area contributed by atoms with Crippen LogP contribution in [-0.2, 0) is 0 Å². The van der Waals surface area contributed by atoms with Crippen molar-refractivity contribution in [3.63, 3.8) is 0 Å². The fourth-order valence-electron chi connectivity index (χ4n) is 2.30. The van der Waals surface area contributed by atoms with Crippen molar-refractivity contribution in [3.8, 4) is 0 Å². The highest BCUT2D eigenvalue weighted by Crippen LogP contribution is 2.29. The van der Waals surface area contributed by atoms with Crippen molar-refractivity contribution >= 4 is 29.1 Å². The van der Waals surface area contributed by atoms with Crippen molar-refractivity contribution in [2.45, 2.75) is 34.1 Å². The summed E-state index contributed by atoms with van der Waals surface area (Å²) in [6.07, 6.45) is 2.49. The molecule has 5 nitrogen and oxygen atoms in total. The summed E-state index contributed by atoms with van der Waals surface area (Å²) in [5.41, 5.74) is 3.16. The summed E-state index contributed by atoms with van der Waals surface area (Å²) in [6, 6.07) is 5.50. The number of nitrogens with one attached hydrogen (secondary N) is 2. The Morgan fingerprint density at radius 3 is 2.71 bits per heavy atom. The lowest BCUT2D eigenvalue weighted by Gasteiger charge is -2.12. The van der Waals surface area contributed by atoms with Crippen molar-refractivity contribution < 1.29 is 4.79 Å². The highest BCUT2D eigenvalue weighted by atomic mass is 35.5. The normalized spacial score (nSPS) is 10.8. The number of amides is 1. The second-order valence-electron chi connectivity index (χ2n) is 6.27. The molecule has 0 saturated heterocycles. The number of aryl methyl sites for hydroxylation is 2. The first kappa shape index (κ1) is 18.2. The maximum Gasteiger partial charge on any atom is 0.270 e. The van der Waals surface area contributed by atoms with Crippen LogP contribution < -0.4 is 10.6 Å². The van der Waals surface area contributed by atoms with E-state index in [1.807, 2.05) is 26.0 Å². The van der Waals surface area contributed by atoms with E-state index in [0.717, 1.165) is 23.2 Å². The Labute approximate surface area is 147 Å². The first-order valence-corrected chi connectivity index (χ1v) is 8.39. The number of rotatable bonds is 6. The molecule has 1 aromatic heterocycles. The van der Waals surface area contributed by atoms with E-state index in [9.17, 15) is 4.79 Å². The highest BCUT2D eigenvalue weighted by molar-refractivity contribution is 6.33. The summed E-state index contributed by atoms with van der Waals surface area (Å²) in [7, 11) is 0. The number of carbonyl (C=O) groups excluding carboxylic acids is 1. The molecular weight excluding hydrogens is 324 g/mol. The molecule has 0 spiro atoms. The van der Waals surface area contributed by atoms with Crippen LogP contribution in [0.3, 0.4) is 0 Å². The SMILES string of the molecule is Cc1cc(C)c(Nc2nccc(C(=O)NCCC(C)C)n2)c(Cl)c1. The van der Waals surface area contributed by atoms with Crippen molar-refractivity contribution in [2.75, 3.05) is 11.9 Å². The zero-order valence-corrected chi connectivity index (χ0v) is 15.2. The third kappa shape index (κ3) is 4.93. The molecule has 1 amide bonds. The summed E-state index contributed by atoms with van der Waals surface area (Å²) in [5.74, 6) is 0.688. The largest absolute Gasteiger partial charge is 0.351 e. The van der Waals surface area contributed by atoms with E-state index in [0.29, 0.717) is 29.1 Å². The average Bonchev–Trinajstić information content (AvgIpc) is 2.50. The van der Waals surface area contributed by atoms with Gasteiger partial charge in [-0.2, -0.15) is 0 Å². The predicted octanol–water partition coefficient (Wildman–Crippen LogP) is 4.27. The van der Waals surface area contributed by atoms with Crippen LogP contribution in [0, 0.1) is 19.8 Å². The Balaban J connectivity index is 2.12. The van der Waals surface area contributed by atoms with Gasteiger partial charge in [0.15, 0.2) is 0 Å². The van der Waals surface area contributed by atoms with Crippen LogP contribution in [0.2, 0.25) is 5.02 Å². The molecule has 0 aliphatic carbocycles. The molecular formula is C18H23ClN4O. The van der Waals surface area contributed by atoms with Gasteiger partial charge in [-0.1, -0.05) is 31.5 Å². The lowest BCUT2D eigenvalue weighted by Crippen LogP contribution is -2.26. The number of benzene rings is 1. The predicted molar refractivity (Wildman–Crippen MR) is 98.0 cm³/mol. The van der Waals surface area contributed by atoms with E-state index < -0.39 is 0 Å². The van der Waals surface area contributed by atoms with Crippen molar-refractivity contribution in [1.29, 1.82) is 0 Å². The lowest BCUT2D eigenvalue weighted by atomic mass is 10.1. The summed E-state index contributed by atoms with van der Waals surface area (Å²) in [4.78, 5) is 20.6. The minimum absolute atomic E-state index is 0.201. The van der Waals surface area contributed by atoms with Crippen LogP contribution in [0.5, 0.6) is 0 Å². The quantitative estimate of drug-likeness (QED) is 0.819. The van der Waals surface area contributed by atoms with Crippen molar-refractivity contribution in [3.05, 3.63) is 46.2 Å². The number of aromatic nitrogens is 2. The molecule has 128 valence electrons. The molecule has 0 bridgehead atoms. The minimum Gasteiger partial charge on any atom is -0.351 e. The molecule has 0 fully saturated rings. The monoisotopic (exact) mass is 346 g/mol. The van der Waals surface area contributed by atoms with Crippen molar-refractivity contribution in [2.24, 2.45) is 5.92 Å². The standard InChI is InChI=1S/C18H23ClN4O/c1-11(2)5-7-20-17(24)15-6-8-21-18(22-15)23-16-13(4)9-12(3)10-14(16)19/h6,8-11H,5,7H2,1-4H3,(H,20,24)(H,21,22,23). The molecule has 0 aliphatic rings. The molecule has 0 saturated carbocycles. The van der Waals surface area contributed by atoms with E-state index in [1.54, 1.807) is 12.3 Å². The number of nitrogens with zero attached hydrogens (tertiary/aromatic N) is 2. The molecule has 0 radical (unpaired) electrons. The lowest BCUT2D eigenvalue weighted by molar-refractivity contribution is 0.0947. The summed E-state index contributed by atoms with van der Waals surface area (Å²) in [5, 5.41) is 6.57. The van der Waals surface area contributed by atoms with E-state index in [-0.39, 0.29) is 5.91 Å². The summed E-state index contributed by atoms with van der Waals surface area (Å²) in [6.45, 7) is 8.82. The van der Waals surface area contributed by atoms with Gasteiger partial charge in [0, 0.05) is 12.7 Å². The second-order valence-corrected chi connectivity index (χ2v) is 6.67. The smallest absolute Gasteiger partial charge is 0.270 e. The summed E-state index contributed by atoms with van der Waals surface area (Å²) >= 11 is 6.29. The molecule has 0 unspecified atom stereocenters. The Kier molecular flexibility index (Phi) is 6.15. The highest BCUT2D eigenvalue weighted by Gasteiger charge is 2.11. The van der Waals surface area contributed by atoms with Gasteiger partial charge in [-0.05, 0) is 49.4 Å². The molecule has 1 aromatic carbocycles. The minimum atomic E-state index is -0.201. The molecule has 24 heavy (non-hydrogen) atoms. The molecule has 2 rings (SSSR count). The molecule has 0 aliphatic heterocycles. The Bertz CT molecular complexity index is 708. The summed E-state index contributed by atoms with van der Waals surface area (Å²) < 4.78 is 0. The van der Waals surface area contributed by atoms with Gasteiger partial charge < -0.3 is 10.6 Å². The van der Waals surface area contributed by atoms with Crippen LogP contribution in [-0.4, -0.2) is 22.4 Å². The fraction of sp³-hybridized carbons (Fsp3) is 0.389. The van der Waals surface area contributed by atoms with Crippen LogP contribution in [0.25, 0.3) is 0 Å². The van der Waals surface area contributed by atoms with Gasteiger partial charge in [0.25, 0.3) is 5.91 Å². The third-order valence-corrected chi connectivity index (χ3v) is 3.86. The zero-order chi connectivity index (χ0) is 17.7. The van der Waals surface area contributed by atoms with Gasteiger partial charge in [0.2, 0.25) is 5.95 Å². The number of halogens is 1. The Morgan fingerprint density at radius 2 is 2.04 bits per heavy atom. The zero-order valence-electron chi connectivity index (χ0n) is 14.5. The average molecular weight is 347 g/mol. The van der Waals surface area contributed by atoms with Gasteiger partial charge in [-0.25, -0.2) is 9.97 Å². The third-order valence-electron chi connectivity index (χ3n) is 3.56. The van der Waals surface area contributed by atoms with Crippen LogP contribution in [0.4, 0.5) is 11.6 Å². The molecule has 0 atom stereocenters. The maximum atomic E-state index is 12.2. The number of carbonyl (C=O) groups is 1. The van der Waals surface area contributed by atoms with E-state index in [2.05, 4.69) is 34.4 Å². The Morgan fingerprint density at radius 1 is 1.29 bits per heavy atom. The molecule has 2 aromatic rings. The van der Waals surface area contributed by atoms with Crippen molar-refractivity contribution in [1.82, 2.24) is 15.3 Å². The molecule has 6 heteroatoms. The maximum absolute atomic E-state index is 12.2. The topological polar surface area (TPSA) is 66.9 Å². The van der Waals surface area contributed by atoms with Gasteiger partial charge in [0.05, 0.1) is 10.7 Å². The fourth-order valence-corrected chi connectivity index (χ4v) is 2.66. The number of hydrogen-bond donors (Lipinski definition) is 2.